The lowest BCUT2D eigenvalue weighted by Gasteiger charge is -2.23. The van der Waals surface area contributed by atoms with Gasteiger partial charge < -0.3 is 10.6 Å². The highest BCUT2D eigenvalue weighted by molar-refractivity contribution is 7.91. The third-order valence-corrected chi connectivity index (χ3v) is 6.17. The van der Waals surface area contributed by atoms with Crippen LogP contribution in [0.1, 0.15) is 12.0 Å². The number of sulfonamides is 1. The zero-order chi connectivity index (χ0) is 17.4. The highest BCUT2D eigenvalue weighted by Crippen LogP contribution is 2.15. The van der Waals surface area contributed by atoms with Crippen LogP contribution in [0.25, 0.3) is 0 Å². The molecule has 6 nitrogen and oxygen atoms in total. The molecule has 0 saturated heterocycles. The second-order valence-electron chi connectivity index (χ2n) is 5.20. The predicted molar refractivity (Wildman–Crippen MR) is 102 cm³/mol. The molecule has 1 aromatic heterocycles. The topological polar surface area (TPSA) is 92.5 Å². The fraction of sp³-hybridized carbons (Fsp3) is 0.312. The van der Waals surface area contributed by atoms with Gasteiger partial charge >= 0.3 is 0 Å². The van der Waals surface area contributed by atoms with Gasteiger partial charge in [0, 0.05) is 13.1 Å². The van der Waals surface area contributed by atoms with Crippen molar-refractivity contribution in [2.45, 2.75) is 17.2 Å². The first-order chi connectivity index (χ1) is 11.5. The average molecular weight is 404 g/mol. The third-order valence-electron chi connectivity index (χ3n) is 3.37. The number of nitrogens with zero attached hydrogens (tertiary/aromatic N) is 1. The zero-order valence-corrected chi connectivity index (χ0v) is 16.1. The van der Waals surface area contributed by atoms with Crippen LogP contribution in [-0.2, 0) is 21.4 Å². The van der Waals surface area contributed by atoms with Crippen LogP contribution in [0.15, 0.2) is 52.1 Å². The number of hydrogen-bond acceptors (Lipinski definition) is 5. The van der Waals surface area contributed by atoms with Crippen molar-refractivity contribution in [3.8, 4) is 0 Å². The van der Waals surface area contributed by atoms with Gasteiger partial charge in [0.2, 0.25) is 5.91 Å². The maximum absolute atomic E-state index is 12.4. The highest BCUT2D eigenvalue weighted by Gasteiger charge is 2.19. The normalized spacial score (nSPS) is 10.9. The number of nitrogens with one attached hydrogen (secondary N) is 1. The molecule has 3 N–H and O–H groups in total. The van der Waals surface area contributed by atoms with Crippen LogP contribution in [0, 0.1) is 0 Å². The lowest BCUT2D eigenvalue weighted by molar-refractivity contribution is -0.130. The number of carbonyl (C=O) groups excluding carboxylic acids is 1. The Morgan fingerprint density at radius 3 is 2.48 bits per heavy atom. The number of amides is 1. The summed E-state index contributed by atoms with van der Waals surface area (Å²) in [5.41, 5.74) is 6.52. The van der Waals surface area contributed by atoms with E-state index in [1.165, 1.54) is 6.07 Å². The summed E-state index contributed by atoms with van der Waals surface area (Å²) >= 11 is 1.11. The summed E-state index contributed by atoms with van der Waals surface area (Å²) in [4.78, 5) is 14.1. The first kappa shape index (κ1) is 21.6. The molecule has 0 unspecified atom stereocenters. The van der Waals surface area contributed by atoms with Crippen molar-refractivity contribution in [1.29, 1.82) is 0 Å². The number of hydrogen-bond donors (Lipinski definition) is 2. The number of thiophene rings is 1. The first-order valence-electron chi connectivity index (χ1n) is 7.58. The van der Waals surface area contributed by atoms with E-state index in [2.05, 4.69) is 4.72 Å². The number of nitrogens with two attached hydrogens (primary N) is 1. The van der Waals surface area contributed by atoms with Crippen molar-refractivity contribution < 1.29 is 13.2 Å². The Kier molecular flexibility index (Phi) is 9.09. The summed E-state index contributed by atoms with van der Waals surface area (Å²) in [5.74, 6) is -0.271. The van der Waals surface area contributed by atoms with E-state index in [9.17, 15) is 13.2 Å². The van der Waals surface area contributed by atoms with E-state index in [0.717, 1.165) is 16.9 Å². The number of rotatable bonds is 9. The predicted octanol–water partition coefficient (Wildman–Crippen LogP) is 1.83. The van der Waals surface area contributed by atoms with Crippen LogP contribution >= 0.6 is 23.7 Å². The molecule has 0 radical (unpaired) electrons. The highest BCUT2D eigenvalue weighted by atomic mass is 35.5. The molecule has 1 heterocycles. The molecule has 0 atom stereocenters. The molecule has 1 amide bonds. The van der Waals surface area contributed by atoms with Gasteiger partial charge in [-0.2, -0.15) is 0 Å². The van der Waals surface area contributed by atoms with Gasteiger partial charge in [-0.1, -0.05) is 36.4 Å². The smallest absolute Gasteiger partial charge is 0.250 e. The van der Waals surface area contributed by atoms with E-state index in [1.807, 2.05) is 30.3 Å². The van der Waals surface area contributed by atoms with Gasteiger partial charge in [-0.15, -0.1) is 23.7 Å². The fourth-order valence-electron chi connectivity index (χ4n) is 2.13. The largest absolute Gasteiger partial charge is 0.337 e. The second-order valence-corrected chi connectivity index (χ2v) is 8.14. The number of benzene rings is 1. The lowest BCUT2D eigenvalue weighted by Crippen LogP contribution is -2.40. The number of carbonyl (C=O) groups is 1. The Hall–Kier alpha value is -1.45. The van der Waals surface area contributed by atoms with Gasteiger partial charge in [0.1, 0.15) is 4.21 Å². The van der Waals surface area contributed by atoms with E-state index in [1.54, 1.807) is 16.3 Å². The van der Waals surface area contributed by atoms with E-state index < -0.39 is 10.0 Å². The fourth-order valence-corrected chi connectivity index (χ4v) is 4.15. The van der Waals surface area contributed by atoms with Crippen LogP contribution in [0.4, 0.5) is 0 Å². The molecular weight excluding hydrogens is 382 g/mol. The van der Waals surface area contributed by atoms with Crippen LogP contribution < -0.4 is 10.5 Å². The second kappa shape index (κ2) is 10.5. The molecule has 138 valence electrons. The maximum atomic E-state index is 12.4. The summed E-state index contributed by atoms with van der Waals surface area (Å²) in [5, 5.41) is 1.68. The molecule has 0 fully saturated rings. The summed E-state index contributed by atoms with van der Waals surface area (Å²) < 4.78 is 26.8. The Morgan fingerprint density at radius 1 is 1.16 bits per heavy atom. The summed E-state index contributed by atoms with van der Waals surface area (Å²) in [6.45, 7) is 1.13. The van der Waals surface area contributed by atoms with Gasteiger partial charge in [-0.3, -0.25) is 4.79 Å². The zero-order valence-electron chi connectivity index (χ0n) is 13.6. The molecule has 0 aliphatic carbocycles. The van der Waals surface area contributed by atoms with Gasteiger partial charge in [0.15, 0.2) is 0 Å². The molecular formula is C16H22ClN3O3S2. The molecule has 0 aliphatic rings. The molecule has 0 saturated carbocycles. The van der Waals surface area contributed by atoms with Crippen LogP contribution in [0.2, 0.25) is 0 Å². The average Bonchev–Trinajstić information content (AvgIpc) is 3.13. The summed E-state index contributed by atoms with van der Waals surface area (Å²) in [6.07, 6.45) is 0.663. The Labute approximate surface area is 158 Å². The maximum Gasteiger partial charge on any atom is 0.250 e. The minimum Gasteiger partial charge on any atom is -0.337 e. The summed E-state index contributed by atoms with van der Waals surface area (Å²) in [6, 6.07) is 12.7. The van der Waals surface area contributed by atoms with Crippen molar-refractivity contribution in [3.63, 3.8) is 0 Å². The van der Waals surface area contributed by atoms with E-state index in [0.29, 0.717) is 26.1 Å². The lowest BCUT2D eigenvalue weighted by atomic mass is 10.2. The minimum atomic E-state index is -3.64. The molecule has 0 spiro atoms. The molecule has 2 aromatic rings. The van der Waals surface area contributed by atoms with Crippen LogP contribution in [-0.4, -0.2) is 38.9 Å². The molecule has 1 aromatic carbocycles. The SMILES string of the molecule is Cl.NCCCN(Cc1ccccc1)C(=O)CNS(=O)(=O)c1cccs1. The molecule has 2 rings (SSSR count). The number of halogens is 1. The molecule has 25 heavy (non-hydrogen) atoms. The van der Waals surface area contributed by atoms with E-state index in [-0.39, 0.29) is 29.1 Å². The van der Waals surface area contributed by atoms with Gasteiger partial charge in [-0.25, -0.2) is 13.1 Å². The van der Waals surface area contributed by atoms with Crippen molar-refractivity contribution in [3.05, 3.63) is 53.4 Å². The van der Waals surface area contributed by atoms with Crippen molar-refractivity contribution in [1.82, 2.24) is 9.62 Å². The Balaban J connectivity index is 0.00000312. The van der Waals surface area contributed by atoms with Crippen molar-refractivity contribution in [2.24, 2.45) is 5.73 Å². The monoisotopic (exact) mass is 403 g/mol. The van der Waals surface area contributed by atoms with Gasteiger partial charge in [0.05, 0.1) is 6.54 Å². The Morgan fingerprint density at radius 2 is 1.88 bits per heavy atom. The van der Waals surface area contributed by atoms with E-state index in [4.69, 9.17) is 5.73 Å². The summed E-state index contributed by atoms with van der Waals surface area (Å²) in [7, 11) is -3.64. The molecule has 0 aliphatic heterocycles. The van der Waals surface area contributed by atoms with Crippen LogP contribution in [0.3, 0.4) is 0 Å². The Bertz CT molecular complexity index is 737. The standard InChI is InChI=1S/C16H21N3O3S2.ClH/c17-9-5-10-19(13-14-6-2-1-3-7-14)15(20)12-18-24(21,22)16-8-4-11-23-16;/h1-4,6-8,11,18H,5,9-10,12-13,17H2;1H. The van der Waals surface area contributed by atoms with Crippen molar-refractivity contribution >= 4 is 39.7 Å². The van der Waals surface area contributed by atoms with Gasteiger partial charge in [-0.05, 0) is 30.0 Å². The third kappa shape index (κ3) is 6.75. The molecule has 9 heteroatoms. The first-order valence-corrected chi connectivity index (χ1v) is 9.94. The van der Waals surface area contributed by atoms with E-state index >= 15 is 0 Å². The minimum absolute atomic E-state index is 0. The molecule has 0 bridgehead atoms. The van der Waals surface area contributed by atoms with Crippen LogP contribution in [0.5, 0.6) is 0 Å². The van der Waals surface area contributed by atoms with Gasteiger partial charge in [0.25, 0.3) is 10.0 Å². The van der Waals surface area contributed by atoms with Crippen molar-refractivity contribution in [2.75, 3.05) is 19.6 Å². The quantitative estimate of drug-likeness (QED) is 0.668.